The van der Waals surface area contributed by atoms with E-state index in [0.717, 1.165) is 0 Å². The molecule has 98 valence electrons. The molecule has 0 aliphatic rings. The number of ketones is 1. The predicted molar refractivity (Wildman–Crippen MR) is 71.1 cm³/mol. The summed E-state index contributed by atoms with van der Waals surface area (Å²) in [5.41, 5.74) is 0.929. The van der Waals surface area contributed by atoms with Gasteiger partial charge in [0.2, 0.25) is 0 Å². The van der Waals surface area contributed by atoms with E-state index in [0.29, 0.717) is 10.9 Å². The Morgan fingerprint density at radius 2 is 2.11 bits per heavy atom. The van der Waals surface area contributed by atoms with Crippen LogP contribution in [-0.4, -0.2) is 28.8 Å². The first kappa shape index (κ1) is 14.9. The van der Waals surface area contributed by atoms with Crippen LogP contribution < -0.4 is 0 Å². The van der Waals surface area contributed by atoms with Gasteiger partial charge in [0.25, 0.3) is 0 Å². The number of rotatable bonds is 6. The second-order valence-electron chi connectivity index (χ2n) is 3.58. The van der Waals surface area contributed by atoms with E-state index < -0.39 is 5.97 Å². The van der Waals surface area contributed by atoms with Crippen LogP contribution in [0.25, 0.3) is 0 Å². The van der Waals surface area contributed by atoms with Crippen molar-refractivity contribution < 1.29 is 19.4 Å². The molecule has 1 aromatic carbocycles. The van der Waals surface area contributed by atoms with Crippen LogP contribution >= 0.6 is 15.9 Å². The number of Topliss-reactive ketones (excluding diaryl/α,β-unsaturated/α-hetero) is 1. The van der Waals surface area contributed by atoms with E-state index in [9.17, 15) is 14.7 Å². The van der Waals surface area contributed by atoms with Crippen molar-refractivity contribution >= 4 is 27.7 Å². The highest BCUT2D eigenvalue weighted by atomic mass is 79.9. The fourth-order valence-corrected chi connectivity index (χ4v) is 2.01. The second kappa shape index (κ2) is 7.28. The Balaban J connectivity index is 3.24. The summed E-state index contributed by atoms with van der Waals surface area (Å²) in [6.07, 6.45) is 0.267. The lowest BCUT2D eigenvalue weighted by molar-refractivity contribution is 0.0522. The average molecular weight is 315 g/mol. The van der Waals surface area contributed by atoms with Crippen LogP contribution in [0.5, 0.6) is 0 Å². The maximum atomic E-state index is 12.0. The van der Waals surface area contributed by atoms with Gasteiger partial charge in [0.05, 0.1) is 18.8 Å². The third-order valence-electron chi connectivity index (χ3n) is 2.42. The molecule has 5 heteroatoms. The normalized spacial score (nSPS) is 10.2. The predicted octanol–water partition coefficient (Wildman–Crippen LogP) is 2.32. The number of hydrogen-bond acceptors (Lipinski definition) is 4. The summed E-state index contributed by atoms with van der Waals surface area (Å²) in [7, 11) is 0. The highest BCUT2D eigenvalue weighted by Crippen LogP contribution is 2.19. The summed E-state index contributed by atoms with van der Waals surface area (Å²) in [5.74, 6) is -0.717. The number of aliphatic hydroxyl groups excluding tert-OH is 1. The van der Waals surface area contributed by atoms with Gasteiger partial charge in [-0.25, -0.2) is 4.79 Å². The first-order chi connectivity index (χ1) is 8.65. The first-order valence-corrected chi connectivity index (χ1v) is 6.76. The van der Waals surface area contributed by atoms with Crippen molar-refractivity contribution in [2.75, 3.05) is 11.9 Å². The van der Waals surface area contributed by atoms with E-state index >= 15 is 0 Å². The van der Waals surface area contributed by atoms with E-state index in [4.69, 9.17) is 4.74 Å². The standard InChI is InChI=1S/C13H15BrO4/c1-2-18-13(17)10-5-3-4-9(8-15)12(10)11(16)6-7-14/h3-5,15H,2,6-8H2,1H3. The topological polar surface area (TPSA) is 63.6 Å². The molecule has 0 amide bonds. The highest BCUT2D eigenvalue weighted by molar-refractivity contribution is 9.09. The van der Waals surface area contributed by atoms with Crippen LogP contribution in [0, 0.1) is 0 Å². The summed E-state index contributed by atoms with van der Waals surface area (Å²) < 4.78 is 4.91. The molecule has 0 fully saturated rings. The number of carbonyl (C=O) groups is 2. The molecule has 0 aromatic heterocycles. The number of halogens is 1. The molecule has 0 atom stereocenters. The molecule has 0 radical (unpaired) electrons. The Labute approximate surface area is 114 Å². The Morgan fingerprint density at radius 1 is 1.39 bits per heavy atom. The van der Waals surface area contributed by atoms with Crippen molar-refractivity contribution in [2.45, 2.75) is 20.0 Å². The molecule has 1 aromatic rings. The molecular weight excluding hydrogens is 300 g/mol. The van der Waals surface area contributed by atoms with E-state index in [-0.39, 0.29) is 36.5 Å². The summed E-state index contributed by atoms with van der Waals surface area (Å²) in [6.45, 7) is 1.67. The van der Waals surface area contributed by atoms with Crippen LogP contribution in [0.2, 0.25) is 0 Å². The van der Waals surface area contributed by atoms with Crippen molar-refractivity contribution in [3.63, 3.8) is 0 Å². The minimum atomic E-state index is -0.536. The lowest BCUT2D eigenvalue weighted by Crippen LogP contribution is -2.15. The Hall–Kier alpha value is -1.20. The summed E-state index contributed by atoms with van der Waals surface area (Å²) in [6, 6.07) is 4.80. The van der Waals surface area contributed by atoms with Crippen LogP contribution in [0.3, 0.4) is 0 Å². The lowest BCUT2D eigenvalue weighted by Gasteiger charge is -2.11. The molecular formula is C13H15BrO4. The van der Waals surface area contributed by atoms with Gasteiger partial charge in [-0.3, -0.25) is 4.79 Å². The van der Waals surface area contributed by atoms with Gasteiger partial charge in [-0.05, 0) is 18.6 Å². The summed E-state index contributed by atoms with van der Waals surface area (Å²) in [5, 5.41) is 9.76. The van der Waals surface area contributed by atoms with E-state index in [1.54, 1.807) is 25.1 Å². The molecule has 0 unspecified atom stereocenters. The summed E-state index contributed by atoms with van der Waals surface area (Å²) >= 11 is 3.19. The summed E-state index contributed by atoms with van der Waals surface area (Å²) in [4.78, 5) is 23.8. The number of hydrogen-bond donors (Lipinski definition) is 1. The van der Waals surface area contributed by atoms with Gasteiger partial charge < -0.3 is 9.84 Å². The zero-order valence-electron chi connectivity index (χ0n) is 10.1. The number of ether oxygens (including phenoxy) is 1. The number of aliphatic hydroxyl groups is 1. The molecule has 0 saturated heterocycles. The molecule has 18 heavy (non-hydrogen) atoms. The molecule has 0 spiro atoms. The minimum absolute atomic E-state index is 0.181. The fourth-order valence-electron chi connectivity index (χ4n) is 1.65. The maximum Gasteiger partial charge on any atom is 0.338 e. The van der Waals surface area contributed by atoms with Crippen molar-refractivity contribution in [3.05, 3.63) is 34.9 Å². The minimum Gasteiger partial charge on any atom is -0.462 e. The molecule has 0 heterocycles. The number of alkyl halides is 1. The molecule has 0 aliphatic carbocycles. The van der Waals surface area contributed by atoms with Gasteiger partial charge >= 0.3 is 5.97 Å². The molecule has 4 nitrogen and oxygen atoms in total. The zero-order chi connectivity index (χ0) is 13.5. The monoisotopic (exact) mass is 314 g/mol. The van der Waals surface area contributed by atoms with Gasteiger partial charge in [0.15, 0.2) is 5.78 Å². The van der Waals surface area contributed by atoms with Crippen molar-refractivity contribution in [2.24, 2.45) is 0 Å². The number of carbonyl (C=O) groups excluding carboxylic acids is 2. The van der Waals surface area contributed by atoms with Crippen molar-refractivity contribution in [1.82, 2.24) is 0 Å². The average Bonchev–Trinajstić information content (AvgIpc) is 2.38. The van der Waals surface area contributed by atoms with Crippen molar-refractivity contribution in [3.8, 4) is 0 Å². The third kappa shape index (κ3) is 3.40. The SMILES string of the molecule is CCOC(=O)c1cccc(CO)c1C(=O)CCBr. The van der Waals surface area contributed by atoms with Gasteiger partial charge in [0, 0.05) is 17.3 Å². The quantitative estimate of drug-likeness (QED) is 0.497. The van der Waals surface area contributed by atoms with Crippen molar-refractivity contribution in [1.29, 1.82) is 0 Å². The second-order valence-corrected chi connectivity index (χ2v) is 4.37. The zero-order valence-corrected chi connectivity index (χ0v) is 11.7. The Bertz CT molecular complexity index is 443. The Kier molecular flexibility index (Phi) is 6.01. The molecule has 1 N–H and O–H groups in total. The van der Waals surface area contributed by atoms with Crippen LogP contribution in [-0.2, 0) is 11.3 Å². The van der Waals surface area contributed by atoms with Gasteiger partial charge in [-0.1, -0.05) is 28.1 Å². The number of esters is 1. The largest absolute Gasteiger partial charge is 0.462 e. The van der Waals surface area contributed by atoms with Crippen LogP contribution in [0.4, 0.5) is 0 Å². The van der Waals surface area contributed by atoms with Gasteiger partial charge in [0.1, 0.15) is 0 Å². The smallest absolute Gasteiger partial charge is 0.338 e. The van der Waals surface area contributed by atoms with E-state index in [1.165, 1.54) is 0 Å². The first-order valence-electron chi connectivity index (χ1n) is 5.64. The molecule has 0 bridgehead atoms. The molecule has 0 saturated carbocycles. The third-order valence-corrected chi connectivity index (χ3v) is 2.81. The van der Waals surface area contributed by atoms with Crippen LogP contribution in [0.15, 0.2) is 18.2 Å². The lowest BCUT2D eigenvalue weighted by atomic mass is 9.96. The van der Waals surface area contributed by atoms with Gasteiger partial charge in [-0.15, -0.1) is 0 Å². The van der Waals surface area contributed by atoms with E-state index in [2.05, 4.69) is 15.9 Å². The maximum absolute atomic E-state index is 12.0. The van der Waals surface area contributed by atoms with Crippen LogP contribution in [0.1, 0.15) is 39.6 Å². The van der Waals surface area contributed by atoms with Gasteiger partial charge in [-0.2, -0.15) is 0 Å². The van der Waals surface area contributed by atoms with E-state index in [1.807, 2.05) is 0 Å². The Morgan fingerprint density at radius 3 is 2.67 bits per heavy atom. The fraction of sp³-hybridized carbons (Fsp3) is 0.385. The number of benzene rings is 1. The molecule has 1 rings (SSSR count). The molecule has 0 aliphatic heterocycles. The highest BCUT2D eigenvalue weighted by Gasteiger charge is 2.20.